The van der Waals surface area contributed by atoms with Crippen molar-refractivity contribution in [1.29, 1.82) is 0 Å². The molecule has 0 bridgehead atoms. The molecule has 5 nitrogen and oxygen atoms in total. The van der Waals surface area contributed by atoms with Gasteiger partial charge in [-0.2, -0.15) is 0 Å². The molecule has 0 aromatic carbocycles. The first-order valence-corrected chi connectivity index (χ1v) is 8.05. The van der Waals surface area contributed by atoms with Gasteiger partial charge in [0.1, 0.15) is 0 Å². The molecule has 0 aromatic rings. The summed E-state index contributed by atoms with van der Waals surface area (Å²) in [5.74, 6) is 0. The van der Waals surface area contributed by atoms with Gasteiger partial charge < -0.3 is 19.7 Å². The molecule has 0 radical (unpaired) electrons. The van der Waals surface area contributed by atoms with Gasteiger partial charge in [0.2, 0.25) is 0 Å². The molecular weight excluding hydrogens is 256 g/mol. The van der Waals surface area contributed by atoms with E-state index in [9.17, 15) is 4.79 Å². The largest absolute Gasteiger partial charge is 0.381 e. The fourth-order valence-corrected chi connectivity index (χ4v) is 3.65. The summed E-state index contributed by atoms with van der Waals surface area (Å²) < 4.78 is 11.4. The zero-order valence-corrected chi connectivity index (χ0v) is 12.2. The lowest BCUT2D eigenvalue weighted by Crippen LogP contribution is -2.56. The minimum absolute atomic E-state index is 0.0395. The topological polar surface area (TPSA) is 50.8 Å². The van der Waals surface area contributed by atoms with Gasteiger partial charge >= 0.3 is 6.03 Å². The van der Waals surface area contributed by atoms with Crippen molar-refractivity contribution in [2.24, 2.45) is 0 Å². The van der Waals surface area contributed by atoms with Gasteiger partial charge in [0.15, 0.2) is 0 Å². The molecule has 3 rings (SSSR count). The maximum atomic E-state index is 12.4. The average Bonchev–Trinajstić information content (AvgIpc) is 2.74. The van der Waals surface area contributed by atoms with Gasteiger partial charge in [-0.25, -0.2) is 4.79 Å². The number of nitrogens with zero attached hydrogens (tertiary/aromatic N) is 1. The van der Waals surface area contributed by atoms with E-state index in [-0.39, 0.29) is 17.7 Å². The number of hydrogen-bond acceptors (Lipinski definition) is 3. The Kier molecular flexibility index (Phi) is 4.46. The fourth-order valence-electron chi connectivity index (χ4n) is 3.65. The summed E-state index contributed by atoms with van der Waals surface area (Å²) in [4.78, 5) is 14.4. The van der Waals surface area contributed by atoms with Crippen molar-refractivity contribution >= 4 is 6.03 Å². The lowest BCUT2D eigenvalue weighted by Gasteiger charge is -2.40. The molecule has 2 heterocycles. The summed E-state index contributed by atoms with van der Waals surface area (Å²) in [6, 6.07) is 0.360. The standard InChI is InChI=1S/C15H26N2O3/c18-14(16-13-4-3-9-19-10-5-13)17-8-11-20-15(12-17)6-1-2-7-15/h13H,1-12H2,(H,16,18)/t13-/m1/s1. The molecule has 0 unspecified atom stereocenters. The van der Waals surface area contributed by atoms with Crippen LogP contribution in [0, 0.1) is 0 Å². The van der Waals surface area contributed by atoms with Crippen LogP contribution in [-0.4, -0.2) is 55.5 Å². The molecule has 3 fully saturated rings. The monoisotopic (exact) mass is 282 g/mol. The molecule has 1 aliphatic carbocycles. The van der Waals surface area contributed by atoms with Crippen molar-refractivity contribution in [2.45, 2.75) is 56.6 Å². The Labute approximate surface area is 121 Å². The Bertz CT molecular complexity index is 334. The fraction of sp³-hybridized carbons (Fsp3) is 0.933. The third-order valence-corrected chi connectivity index (χ3v) is 4.83. The van der Waals surface area contributed by atoms with E-state index in [1.165, 1.54) is 12.8 Å². The molecule has 5 heteroatoms. The van der Waals surface area contributed by atoms with Crippen LogP contribution in [0.1, 0.15) is 44.9 Å². The number of nitrogens with one attached hydrogen (secondary N) is 1. The van der Waals surface area contributed by atoms with E-state index in [0.29, 0.717) is 6.61 Å². The van der Waals surface area contributed by atoms with Crippen LogP contribution >= 0.6 is 0 Å². The predicted octanol–water partition coefficient (Wildman–Crippen LogP) is 1.91. The normalized spacial score (nSPS) is 30.2. The van der Waals surface area contributed by atoms with Crippen molar-refractivity contribution in [2.75, 3.05) is 32.9 Å². The highest BCUT2D eigenvalue weighted by Crippen LogP contribution is 2.35. The van der Waals surface area contributed by atoms with Gasteiger partial charge in [-0.1, -0.05) is 12.8 Å². The minimum Gasteiger partial charge on any atom is -0.381 e. The van der Waals surface area contributed by atoms with Crippen molar-refractivity contribution in [1.82, 2.24) is 10.2 Å². The second kappa shape index (κ2) is 6.31. The van der Waals surface area contributed by atoms with Gasteiger partial charge in [-0.05, 0) is 32.1 Å². The van der Waals surface area contributed by atoms with Crippen LogP contribution in [0.25, 0.3) is 0 Å². The average molecular weight is 282 g/mol. The van der Waals surface area contributed by atoms with Crippen molar-refractivity contribution in [3.63, 3.8) is 0 Å². The molecule has 2 saturated heterocycles. The molecule has 20 heavy (non-hydrogen) atoms. The van der Waals surface area contributed by atoms with Crippen LogP contribution < -0.4 is 5.32 Å². The third-order valence-electron chi connectivity index (χ3n) is 4.83. The van der Waals surface area contributed by atoms with Crippen molar-refractivity contribution < 1.29 is 14.3 Å². The maximum absolute atomic E-state index is 12.4. The summed E-state index contributed by atoms with van der Waals surface area (Å²) in [5, 5.41) is 3.19. The molecule has 1 spiro atoms. The maximum Gasteiger partial charge on any atom is 0.317 e. The van der Waals surface area contributed by atoms with Crippen LogP contribution in [-0.2, 0) is 9.47 Å². The summed E-state index contributed by atoms with van der Waals surface area (Å²) >= 11 is 0. The predicted molar refractivity (Wildman–Crippen MR) is 75.7 cm³/mol. The minimum atomic E-state index is -0.0395. The van der Waals surface area contributed by atoms with Gasteiger partial charge in [0.05, 0.1) is 18.8 Å². The number of hydrogen-bond donors (Lipinski definition) is 1. The SMILES string of the molecule is O=C(N[C@@H]1CCCOCC1)N1CCOC2(CCCC2)C1. The van der Waals surface area contributed by atoms with E-state index in [2.05, 4.69) is 5.32 Å². The Morgan fingerprint density at radius 3 is 2.80 bits per heavy atom. The van der Waals surface area contributed by atoms with Gasteiger partial charge in [-0.3, -0.25) is 0 Å². The molecule has 2 amide bonds. The second-order valence-electron chi connectivity index (χ2n) is 6.35. The first-order chi connectivity index (χ1) is 9.77. The number of ether oxygens (including phenoxy) is 2. The van der Waals surface area contributed by atoms with Crippen molar-refractivity contribution in [3.8, 4) is 0 Å². The van der Waals surface area contributed by atoms with Crippen LogP contribution in [0.3, 0.4) is 0 Å². The molecule has 1 atom stereocenters. The number of amides is 2. The summed E-state index contributed by atoms with van der Waals surface area (Å²) in [6.45, 7) is 3.76. The molecular formula is C15H26N2O3. The first-order valence-electron chi connectivity index (χ1n) is 8.05. The Hall–Kier alpha value is -0.810. The van der Waals surface area contributed by atoms with E-state index in [1.807, 2.05) is 4.90 Å². The Morgan fingerprint density at radius 1 is 1.10 bits per heavy atom. The molecule has 1 saturated carbocycles. The number of urea groups is 1. The quantitative estimate of drug-likeness (QED) is 0.799. The summed E-state index contributed by atoms with van der Waals surface area (Å²) in [7, 11) is 0. The number of carbonyl (C=O) groups is 1. The van der Waals surface area contributed by atoms with Crippen molar-refractivity contribution in [3.05, 3.63) is 0 Å². The van der Waals surface area contributed by atoms with Gasteiger partial charge in [-0.15, -0.1) is 0 Å². The molecule has 2 aliphatic heterocycles. The lowest BCUT2D eigenvalue weighted by atomic mass is 10.00. The second-order valence-corrected chi connectivity index (χ2v) is 6.35. The summed E-state index contributed by atoms with van der Waals surface area (Å²) in [6.07, 6.45) is 7.67. The molecule has 0 aromatic heterocycles. The summed E-state index contributed by atoms with van der Waals surface area (Å²) in [5.41, 5.74) is -0.0395. The number of morpholine rings is 1. The first kappa shape index (κ1) is 14.1. The van der Waals surface area contributed by atoms with Crippen LogP contribution in [0.5, 0.6) is 0 Å². The van der Waals surface area contributed by atoms with E-state index < -0.39 is 0 Å². The van der Waals surface area contributed by atoms with E-state index in [1.54, 1.807) is 0 Å². The van der Waals surface area contributed by atoms with E-state index in [0.717, 1.165) is 58.4 Å². The molecule has 114 valence electrons. The Morgan fingerprint density at radius 2 is 1.95 bits per heavy atom. The highest BCUT2D eigenvalue weighted by atomic mass is 16.5. The zero-order valence-electron chi connectivity index (χ0n) is 12.2. The van der Waals surface area contributed by atoms with Crippen LogP contribution in [0.2, 0.25) is 0 Å². The Balaban J connectivity index is 1.53. The number of carbonyl (C=O) groups excluding carboxylic acids is 1. The number of rotatable bonds is 1. The lowest BCUT2D eigenvalue weighted by molar-refractivity contribution is -0.0927. The van der Waals surface area contributed by atoms with E-state index in [4.69, 9.17) is 9.47 Å². The highest BCUT2D eigenvalue weighted by Gasteiger charge is 2.40. The molecule has 3 aliphatic rings. The van der Waals surface area contributed by atoms with E-state index >= 15 is 0 Å². The van der Waals surface area contributed by atoms with Crippen LogP contribution in [0.15, 0.2) is 0 Å². The zero-order chi connectivity index (χ0) is 13.8. The van der Waals surface area contributed by atoms with Gasteiger partial charge in [0.25, 0.3) is 0 Å². The van der Waals surface area contributed by atoms with Crippen LogP contribution in [0.4, 0.5) is 4.79 Å². The third kappa shape index (κ3) is 3.26. The smallest absolute Gasteiger partial charge is 0.317 e. The highest BCUT2D eigenvalue weighted by molar-refractivity contribution is 5.74. The molecule has 1 N–H and O–H groups in total. The van der Waals surface area contributed by atoms with Gasteiger partial charge in [0, 0.05) is 25.8 Å².